The minimum Gasteiger partial charge on any atom is -0.494 e. The summed E-state index contributed by atoms with van der Waals surface area (Å²) in [6, 6.07) is 5.11. The van der Waals surface area contributed by atoms with E-state index in [2.05, 4.69) is 20.8 Å². The Morgan fingerprint density at radius 1 is 1.32 bits per heavy atom. The lowest BCUT2D eigenvalue weighted by Gasteiger charge is -2.46. The number of methoxy groups -OCH3 is 1. The predicted octanol–water partition coefficient (Wildman–Crippen LogP) is 3.83. The van der Waals surface area contributed by atoms with Gasteiger partial charge in [-0.15, -0.1) is 0 Å². The zero-order valence-corrected chi connectivity index (χ0v) is 12.3. The van der Waals surface area contributed by atoms with Crippen molar-refractivity contribution in [1.29, 1.82) is 0 Å². The number of hydrogen-bond acceptors (Lipinski definition) is 2. The molecule has 0 bridgehead atoms. The molecule has 2 N–H and O–H groups in total. The number of hydrogen-bond donors (Lipinski definition) is 1. The van der Waals surface area contributed by atoms with Crippen LogP contribution in [0.15, 0.2) is 18.2 Å². The van der Waals surface area contributed by atoms with Crippen LogP contribution in [0.25, 0.3) is 0 Å². The zero-order valence-electron chi connectivity index (χ0n) is 12.3. The molecule has 1 aromatic rings. The van der Waals surface area contributed by atoms with Gasteiger partial charge in [-0.2, -0.15) is 0 Å². The smallest absolute Gasteiger partial charge is 0.165 e. The third-order valence-electron chi connectivity index (χ3n) is 4.13. The molecule has 2 rings (SSSR count). The number of rotatable bonds is 2. The summed E-state index contributed by atoms with van der Waals surface area (Å²) in [5.41, 5.74) is 7.24. The minimum atomic E-state index is -0.436. The van der Waals surface area contributed by atoms with Gasteiger partial charge < -0.3 is 10.5 Å². The fourth-order valence-electron chi connectivity index (χ4n) is 3.83. The molecule has 0 saturated heterocycles. The Morgan fingerprint density at radius 3 is 2.53 bits per heavy atom. The highest BCUT2D eigenvalue weighted by Crippen LogP contribution is 2.47. The van der Waals surface area contributed by atoms with Crippen LogP contribution in [0.3, 0.4) is 0 Å². The molecule has 0 amide bonds. The highest BCUT2D eigenvalue weighted by Gasteiger charge is 2.41. The van der Waals surface area contributed by atoms with Gasteiger partial charge in [-0.3, -0.25) is 0 Å². The van der Waals surface area contributed by atoms with E-state index >= 15 is 0 Å². The molecule has 19 heavy (non-hydrogen) atoms. The first kappa shape index (κ1) is 14.3. The van der Waals surface area contributed by atoms with Crippen molar-refractivity contribution < 1.29 is 9.13 Å². The van der Waals surface area contributed by atoms with Gasteiger partial charge in [-0.25, -0.2) is 4.39 Å². The summed E-state index contributed by atoms with van der Waals surface area (Å²) in [6.07, 6.45) is 2.96. The highest BCUT2D eigenvalue weighted by molar-refractivity contribution is 5.34. The molecule has 2 nitrogen and oxygen atoms in total. The Balaban J connectivity index is 2.36. The molecule has 1 aliphatic rings. The predicted molar refractivity (Wildman–Crippen MR) is 75.6 cm³/mol. The van der Waals surface area contributed by atoms with Gasteiger partial charge in [0.15, 0.2) is 11.6 Å². The summed E-state index contributed by atoms with van der Waals surface area (Å²) >= 11 is 0. The number of halogens is 1. The first-order chi connectivity index (χ1) is 8.76. The maximum atomic E-state index is 13.9. The zero-order chi connectivity index (χ0) is 14.3. The average Bonchev–Trinajstić information content (AvgIpc) is 2.25. The van der Waals surface area contributed by atoms with E-state index in [4.69, 9.17) is 10.5 Å². The summed E-state index contributed by atoms with van der Waals surface area (Å²) in [6.45, 7) is 6.71. The van der Waals surface area contributed by atoms with Gasteiger partial charge in [-0.1, -0.05) is 26.8 Å². The fourth-order valence-corrected chi connectivity index (χ4v) is 3.83. The second-order valence-corrected chi connectivity index (χ2v) is 6.86. The Kier molecular flexibility index (Phi) is 3.61. The topological polar surface area (TPSA) is 35.2 Å². The first-order valence-electron chi connectivity index (χ1n) is 6.89. The molecular weight excluding hydrogens is 241 g/mol. The molecule has 1 fully saturated rings. The molecule has 1 saturated carbocycles. The second kappa shape index (κ2) is 4.78. The maximum absolute atomic E-state index is 13.9. The van der Waals surface area contributed by atoms with Crippen LogP contribution in [0, 0.1) is 17.2 Å². The van der Waals surface area contributed by atoms with Crippen LogP contribution in [0.1, 0.15) is 45.6 Å². The summed E-state index contributed by atoms with van der Waals surface area (Å²) in [4.78, 5) is 0. The van der Waals surface area contributed by atoms with Crippen LogP contribution in [0.4, 0.5) is 4.39 Å². The average molecular weight is 265 g/mol. The molecule has 3 heteroatoms. The van der Waals surface area contributed by atoms with Crippen molar-refractivity contribution in [3.05, 3.63) is 29.6 Å². The van der Waals surface area contributed by atoms with Crippen LogP contribution in [-0.4, -0.2) is 7.11 Å². The Labute approximate surface area is 115 Å². The van der Waals surface area contributed by atoms with Crippen molar-refractivity contribution in [2.45, 2.75) is 45.6 Å². The van der Waals surface area contributed by atoms with Crippen LogP contribution in [0.5, 0.6) is 5.75 Å². The minimum absolute atomic E-state index is 0.197. The molecule has 0 radical (unpaired) electrons. The van der Waals surface area contributed by atoms with E-state index in [1.165, 1.54) is 19.6 Å². The van der Waals surface area contributed by atoms with Crippen LogP contribution >= 0.6 is 0 Å². The van der Waals surface area contributed by atoms with Crippen molar-refractivity contribution in [2.75, 3.05) is 7.11 Å². The number of nitrogens with two attached hydrogens (primary N) is 1. The van der Waals surface area contributed by atoms with Gasteiger partial charge in [-0.05, 0) is 48.3 Å². The molecular formula is C16H24FNO. The molecule has 0 heterocycles. The van der Waals surface area contributed by atoms with E-state index in [0.29, 0.717) is 5.92 Å². The van der Waals surface area contributed by atoms with Crippen LogP contribution in [-0.2, 0) is 5.54 Å². The summed E-state index contributed by atoms with van der Waals surface area (Å²) in [5, 5.41) is 0. The normalized spacial score (nSPS) is 30.1. The van der Waals surface area contributed by atoms with Gasteiger partial charge in [0.1, 0.15) is 0 Å². The Morgan fingerprint density at radius 2 is 2.00 bits per heavy atom. The van der Waals surface area contributed by atoms with Crippen LogP contribution < -0.4 is 10.5 Å². The van der Waals surface area contributed by atoms with Crippen molar-refractivity contribution in [3.8, 4) is 5.75 Å². The quantitative estimate of drug-likeness (QED) is 0.882. The molecule has 2 atom stereocenters. The largest absolute Gasteiger partial charge is 0.494 e. The molecule has 2 unspecified atom stereocenters. The fraction of sp³-hybridized carbons (Fsp3) is 0.625. The van der Waals surface area contributed by atoms with Crippen molar-refractivity contribution in [1.82, 2.24) is 0 Å². The molecule has 106 valence electrons. The first-order valence-corrected chi connectivity index (χ1v) is 6.89. The number of benzene rings is 1. The van der Waals surface area contributed by atoms with E-state index in [1.54, 1.807) is 6.07 Å². The highest BCUT2D eigenvalue weighted by atomic mass is 19.1. The van der Waals surface area contributed by atoms with Gasteiger partial charge >= 0.3 is 0 Å². The van der Waals surface area contributed by atoms with Gasteiger partial charge in [0.05, 0.1) is 7.11 Å². The van der Waals surface area contributed by atoms with E-state index in [1.807, 2.05) is 6.07 Å². The van der Waals surface area contributed by atoms with Crippen molar-refractivity contribution in [3.63, 3.8) is 0 Å². The lowest BCUT2D eigenvalue weighted by molar-refractivity contribution is 0.107. The van der Waals surface area contributed by atoms with E-state index < -0.39 is 5.54 Å². The third-order valence-corrected chi connectivity index (χ3v) is 4.13. The molecule has 0 aliphatic heterocycles. The number of ether oxygens (including phenoxy) is 1. The summed E-state index contributed by atoms with van der Waals surface area (Å²) in [5.74, 6) is 0.496. The third kappa shape index (κ3) is 2.92. The summed E-state index contributed by atoms with van der Waals surface area (Å²) < 4.78 is 18.9. The van der Waals surface area contributed by atoms with E-state index in [9.17, 15) is 4.39 Å². The van der Waals surface area contributed by atoms with Crippen LogP contribution in [0.2, 0.25) is 0 Å². The second-order valence-electron chi connectivity index (χ2n) is 6.86. The SMILES string of the molecule is COc1ccc(C2(N)CC(C)CC(C)(C)C2)cc1F. The van der Waals surface area contributed by atoms with Gasteiger partial charge in [0.2, 0.25) is 0 Å². The molecule has 1 aliphatic carbocycles. The van der Waals surface area contributed by atoms with E-state index in [0.717, 1.165) is 18.4 Å². The van der Waals surface area contributed by atoms with Crippen molar-refractivity contribution in [2.24, 2.45) is 17.1 Å². The monoisotopic (exact) mass is 265 g/mol. The summed E-state index contributed by atoms with van der Waals surface area (Å²) in [7, 11) is 1.47. The molecule has 0 spiro atoms. The lowest BCUT2D eigenvalue weighted by atomic mass is 9.62. The standard InChI is InChI=1S/C16H24FNO/c1-11-8-15(2,3)10-16(18,9-11)12-5-6-14(19-4)13(17)7-12/h5-7,11H,8-10,18H2,1-4H3. The van der Waals surface area contributed by atoms with Gasteiger partial charge in [0.25, 0.3) is 0 Å². The molecule has 0 aromatic heterocycles. The Bertz CT molecular complexity index is 472. The lowest BCUT2D eigenvalue weighted by Crippen LogP contribution is -2.46. The van der Waals surface area contributed by atoms with E-state index in [-0.39, 0.29) is 17.0 Å². The Hall–Kier alpha value is -1.09. The van der Waals surface area contributed by atoms with Crippen molar-refractivity contribution >= 4 is 0 Å². The molecule has 1 aromatic carbocycles. The maximum Gasteiger partial charge on any atom is 0.165 e. The van der Waals surface area contributed by atoms with Gasteiger partial charge in [0, 0.05) is 5.54 Å².